The van der Waals surface area contributed by atoms with Crippen LogP contribution in [0.5, 0.6) is 5.75 Å². The number of nitrogens with two attached hydrogens (primary N) is 1. The first-order valence-corrected chi connectivity index (χ1v) is 10.2. The van der Waals surface area contributed by atoms with Crippen LogP contribution in [0.1, 0.15) is 12.5 Å². The minimum Gasteiger partial charge on any atom is -0.496 e. The number of sulfonamides is 1. The molecular formula is C17H19N3O3S2. The Balaban J connectivity index is 1.95. The Morgan fingerprint density at radius 1 is 1.24 bits per heavy atom. The molecule has 0 saturated carbocycles. The van der Waals surface area contributed by atoms with E-state index in [4.69, 9.17) is 9.88 Å². The molecule has 0 bridgehead atoms. The maximum Gasteiger partial charge on any atom is 0.238 e. The molecular weight excluding hydrogens is 358 g/mol. The van der Waals surface area contributed by atoms with Crippen molar-refractivity contribution in [1.29, 1.82) is 0 Å². The molecule has 3 rings (SSSR count). The van der Waals surface area contributed by atoms with E-state index >= 15 is 0 Å². The molecule has 0 amide bonds. The van der Waals surface area contributed by atoms with E-state index in [1.54, 1.807) is 24.9 Å². The van der Waals surface area contributed by atoms with E-state index in [0.717, 1.165) is 28.5 Å². The molecule has 0 aliphatic carbocycles. The Kier molecular flexibility index (Phi) is 5.03. The molecule has 0 aliphatic rings. The van der Waals surface area contributed by atoms with Crippen LogP contribution in [0.3, 0.4) is 0 Å². The lowest BCUT2D eigenvalue weighted by Crippen LogP contribution is -2.11. The first-order valence-electron chi connectivity index (χ1n) is 7.72. The van der Waals surface area contributed by atoms with E-state index < -0.39 is 10.0 Å². The molecule has 2 N–H and O–H groups in total. The molecule has 25 heavy (non-hydrogen) atoms. The lowest BCUT2D eigenvalue weighted by molar-refractivity contribution is 0.411. The Morgan fingerprint density at radius 2 is 2.00 bits per heavy atom. The van der Waals surface area contributed by atoms with Crippen molar-refractivity contribution < 1.29 is 13.2 Å². The van der Waals surface area contributed by atoms with Crippen LogP contribution in [-0.4, -0.2) is 25.1 Å². The van der Waals surface area contributed by atoms with Crippen LogP contribution in [0.15, 0.2) is 52.5 Å². The van der Waals surface area contributed by atoms with Crippen molar-refractivity contribution in [3.63, 3.8) is 0 Å². The van der Waals surface area contributed by atoms with Gasteiger partial charge in [0.15, 0.2) is 5.16 Å². The molecule has 0 saturated heterocycles. The molecule has 0 unspecified atom stereocenters. The molecule has 132 valence electrons. The van der Waals surface area contributed by atoms with Gasteiger partial charge in [0.25, 0.3) is 0 Å². The molecule has 0 aliphatic heterocycles. The summed E-state index contributed by atoms with van der Waals surface area (Å²) in [5.41, 5.74) is 2.59. The lowest BCUT2D eigenvalue weighted by Gasteiger charge is -2.08. The van der Waals surface area contributed by atoms with Gasteiger partial charge in [-0.3, -0.25) is 0 Å². The summed E-state index contributed by atoms with van der Waals surface area (Å²) in [6.45, 7) is 2.77. The van der Waals surface area contributed by atoms with Gasteiger partial charge in [-0.25, -0.2) is 18.5 Å². The minimum absolute atomic E-state index is 0.0713. The van der Waals surface area contributed by atoms with Crippen molar-refractivity contribution in [2.75, 3.05) is 7.11 Å². The monoisotopic (exact) mass is 377 g/mol. The molecule has 0 radical (unpaired) electrons. The summed E-state index contributed by atoms with van der Waals surface area (Å²) in [4.78, 5) is 4.66. The quantitative estimate of drug-likeness (QED) is 0.667. The smallest absolute Gasteiger partial charge is 0.238 e. The van der Waals surface area contributed by atoms with Crippen LogP contribution in [0.4, 0.5) is 0 Å². The number of methoxy groups -OCH3 is 1. The summed E-state index contributed by atoms with van der Waals surface area (Å²) in [6.07, 6.45) is 0. The van der Waals surface area contributed by atoms with E-state index in [1.165, 1.54) is 12.1 Å². The topological polar surface area (TPSA) is 87.2 Å². The fourth-order valence-electron chi connectivity index (χ4n) is 2.64. The standard InChI is InChI=1S/C17H19N3O3S2/c1-3-20-15-9-8-13(25(18,21)22)10-14(15)19-17(20)24-11-12-6-4-5-7-16(12)23-2/h4-10H,3,11H2,1-2H3,(H2,18,21,22). The van der Waals surface area contributed by atoms with Gasteiger partial charge >= 0.3 is 0 Å². The number of primary sulfonamides is 1. The number of aryl methyl sites for hydroxylation is 1. The van der Waals surface area contributed by atoms with E-state index in [2.05, 4.69) is 9.55 Å². The summed E-state index contributed by atoms with van der Waals surface area (Å²) in [5, 5.41) is 6.04. The zero-order valence-corrected chi connectivity index (χ0v) is 15.6. The molecule has 2 aromatic carbocycles. The Bertz CT molecular complexity index is 1010. The number of hydrogen-bond acceptors (Lipinski definition) is 5. The molecule has 1 heterocycles. The second kappa shape index (κ2) is 7.07. The van der Waals surface area contributed by atoms with Crippen LogP contribution in [0, 0.1) is 0 Å². The van der Waals surface area contributed by atoms with Gasteiger partial charge in [0.2, 0.25) is 10.0 Å². The molecule has 8 heteroatoms. The zero-order valence-electron chi connectivity index (χ0n) is 14.0. The molecule has 0 atom stereocenters. The van der Waals surface area contributed by atoms with Gasteiger partial charge in [0.05, 0.1) is 23.0 Å². The third-order valence-electron chi connectivity index (χ3n) is 3.88. The highest BCUT2D eigenvalue weighted by atomic mass is 32.2. The van der Waals surface area contributed by atoms with E-state index in [0.29, 0.717) is 11.3 Å². The Morgan fingerprint density at radius 3 is 2.68 bits per heavy atom. The number of fused-ring (bicyclic) bond motifs is 1. The minimum atomic E-state index is -3.74. The maximum atomic E-state index is 11.5. The van der Waals surface area contributed by atoms with Gasteiger partial charge in [-0.1, -0.05) is 30.0 Å². The lowest BCUT2D eigenvalue weighted by atomic mass is 10.2. The van der Waals surface area contributed by atoms with Crippen molar-refractivity contribution in [1.82, 2.24) is 9.55 Å². The molecule has 6 nitrogen and oxygen atoms in total. The third kappa shape index (κ3) is 3.65. The van der Waals surface area contributed by atoms with Gasteiger partial charge in [-0.15, -0.1) is 0 Å². The van der Waals surface area contributed by atoms with Crippen LogP contribution in [0.2, 0.25) is 0 Å². The summed E-state index contributed by atoms with van der Waals surface area (Å²) in [5.74, 6) is 1.54. The zero-order chi connectivity index (χ0) is 18.0. The number of rotatable bonds is 6. The average Bonchev–Trinajstić information content (AvgIpc) is 2.96. The van der Waals surface area contributed by atoms with E-state index in [9.17, 15) is 8.42 Å². The summed E-state index contributed by atoms with van der Waals surface area (Å²) in [6, 6.07) is 12.6. The predicted octanol–water partition coefficient (Wildman–Crippen LogP) is 3.00. The number of hydrogen-bond donors (Lipinski definition) is 1. The van der Waals surface area contributed by atoms with Crippen molar-refractivity contribution in [2.24, 2.45) is 5.14 Å². The SMILES string of the molecule is CCn1c(SCc2ccccc2OC)nc2cc(S(N)(=O)=O)ccc21. The second-order valence-corrected chi connectivity index (χ2v) is 7.94. The first kappa shape index (κ1) is 17.8. The number of imidazole rings is 1. The van der Waals surface area contributed by atoms with Crippen molar-refractivity contribution in [3.05, 3.63) is 48.0 Å². The Hall–Kier alpha value is -2.03. The highest BCUT2D eigenvalue weighted by molar-refractivity contribution is 7.98. The van der Waals surface area contributed by atoms with Crippen LogP contribution >= 0.6 is 11.8 Å². The van der Waals surface area contributed by atoms with Gasteiger partial charge in [0.1, 0.15) is 5.75 Å². The second-order valence-electron chi connectivity index (χ2n) is 5.43. The summed E-state index contributed by atoms with van der Waals surface area (Å²) >= 11 is 1.58. The molecule has 3 aromatic rings. The largest absolute Gasteiger partial charge is 0.496 e. The number of nitrogens with zero attached hydrogens (tertiary/aromatic N) is 2. The van der Waals surface area contributed by atoms with Crippen molar-refractivity contribution >= 4 is 32.8 Å². The Labute approximate surface area is 151 Å². The van der Waals surface area contributed by atoms with Gasteiger partial charge in [-0.05, 0) is 31.2 Å². The summed E-state index contributed by atoms with van der Waals surface area (Å²) < 4.78 is 30.5. The fourth-order valence-corrected chi connectivity index (χ4v) is 4.25. The highest BCUT2D eigenvalue weighted by Gasteiger charge is 2.15. The number of benzene rings is 2. The maximum absolute atomic E-state index is 11.5. The number of thioether (sulfide) groups is 1. The number of aromatic nitrogens is 2. The van der Waals surface area contributed by atoms with Crippen LogP contribution in [0.25, 0.3) is 11.0 Å². The summed E-state index contributed by atoms with van der Waals surface area (Å²) in [7, 11) is -2.09. The van der Waals surface area contributed by atoms with Crippen molar-refractivity contribution in [3.8, 4) is 5.75 Å². The number of ether oxygens (including phenoxy) is 1. The normalized spacial score (nSPS) is 11.8. The average molecular weight is 377 g/mol. The molecule has 0 spiro atoms. The van der Waals surface area contributed by atoms with Gasteiger partial charge in [-0.2, -0.15) is 0 Å². The van der Waals surface area contributed by atoms with Crippen LogP contribution < -0.4 is 9.88 Å². The first-order chi connectivity index (χ1) is 11.9. The van der Waals surface area contributed by atoms with Gasteiger partial charge in [0, 0.05) is 17.9 Å². The third-order valence-corrected chi connectivity index (χ3v) is 5.81. The van der Waals surface area contributed by atoms with Crippen molar-refractivity contribution in [2.45, 2.75) is 29.3 Å². The fraction of sp³-hybridized carbons (Fsp3) is 0.235. The number of para-hydroxylation sites is 1. The van der Waals surface area contributed by atoms with Gasteiger partial charge < -0.3 is 9.30 Å². The van der Waals surface area contributed by atoms with Crippen LogP contribution in [-0.2, 0) is 22.3 Å². The van der Waals surface area contributed by atoms with E-state index in [-0.39, 0.29) is 4.90 Å². The van der Waals surface area contributed by atoms with E-state index in [1.807, 2.05) is 31.2 Å². The highest BCUT2D eigenvalue weighted by Crippen LogP contribution is 2.30. The molecule has 1 aromatic heterocycles. The predicted molar refractivity (Wildman–Crippen MR) is 99.3 cm³/mol. The molecule has 0 fully saturated rings.